The first-order chi connectivity index (χ1) is 13.0. The Bertz CT molecular complexity index is 785. The maximum atomic E-state index is 15.1. The van der Waals surface area contributed by atoms with Crippen molar-refractivity contribution >= 4 is 5.78 Å². The predicted molar refractivity (Wildman–Crippen MR) is 110 cm³/mol. The van der Waals surface area contributed by atoms with Gasteiger partial charge in [0.25, 0.3) is 0 Å². The number of hydrogen-bond donors (Lipinski definition) is 1. The Kier molecular flexibility index (Phi) is 3.66. The third-order valence-electron chi connectivity index (χ3n) is 11.4. The Morgan fingerprint density at radius 2 is 1.64 bits per heavy atom. The normalized spacial score (nSPS) is 53.8. The molecular formula is C25H38FNO. The van der Waals surface area contributed by atoms with Crippen LogP contribution in [-0.4, -0.2) is 18.9 Å². The van der Waals surface area contributed by atoms with Gasteiger partial charge in [-0.1, -0.05) is 27.7 Å². The van der Waals surface area contributed by atoms with E-state index in [1.807, 2.05) is 0 Å². The summed E-state index contributed by atoms with van der Waals surface area (Å²) in [6.07, 6.45) is 9.15. The van der Waals surface area contributed by atoms with E-state index in [4.69, 9.17) is 0 Å². The minimum absolute atomic E-state index is 0.0328. The predicted octanol–water partition coefficient (Wildman–Crippen LogP) is 5.82. The molecule has 1 unspecified atom stereocenters. The van der Waals surface area contributed by atoms with E-state index in [0.29, 0.717) is 40.2 Å². The average molecular weight is 388 g/mol. The molecule has 0 saturated heterocycles. The topological polar surface area (TPSA) is 29.1 Å². The molecule has 28 heavy (non-hydrogen) atoms. The molecule has 0 aromatic heterocycles. The zero-order chi connectivity index (χ0) is 20.3. The van der Waals surface area contributed by atoms with E-state index in [1.54, 1.807) is 6.92 Å². The van der Waals surface area contributed by atoms with Gasteiger partial charge in [0.1, 0.15) is 5.83 Å². The van der Waals surface area contributed by atoms with Crippen LogP contribution in [0.15, 0.2) is 11.4 Å². The van der Waals surface area contributed by atoms with Crippen molar-refractivity contribution in [3.05, 3.63) is 11.4 Å². The van der Waals surface area contributed by atoms with Gasteiger partial charge in [0.15, 0.2) is 5.78 Å². The number of hydrogen-bond acceptors (Lipinski definition) is 2. The van der Waals surface area contributed by atoms with Crippen LogP contribution in [0.2, 0.25) is 0 Å². The van der Waals surface area contributed by atoms with Crippen molar-refractivity contribution in [3.8, 4) is 0 Å². The second kappa shape index (κ2) is 5.31. The molecule has 2 spiro atoms. The number of ketones is 1. The number of carbonyl (C=O) groups is 1. The van der Waals surface area contributed by atoms with Crippen molar-refractivity contribution in [3.63, 3.8) is 0 Å². The van der Waals surface area contributed by atoms with Crippen LogP contribution in [0.4, 0.5) is 4.39 Å². The molecule has 3 heteroatoms. The van der Waals surface area contributed by atoms with Crippen molar-refractivity contribution in [2.45, 2.75) is 92.0 Å². The lowest BCUT2D eigenvalue weighted by atomic mass is 9.42. The molecule has 5 rings (SSSR count). The van der Waals surface area contributed by atoms with Gasteiger partial charge in [0.05, 0.1) is 0 Å². The fraction of sp³-hybridized carbons (Fsp3) is 0.880. The SMILES string of the molecule is CN[C@H]1CC[C@]23C[C@]24CC[C@]2(C)C(C(C)=O)=C(F)C[C@@]2(C)[C@@H]4CCC3C1(C)C. The maximum Gasteiger partial charge on any atom is 0.158 e. The van der Waals surface area contributed by atoms with E-state index < -0.39 is 0 Å². The van der Waals surface area contributed by atoms with Gasteiger partial charge in [0.2, 0.25) is 0 Å². The van der Waals surface area contributed by atoms with E-state index in [-0.39, 0.29) is 22.4 Å². The molecular weight excluding hydrogens is 349 g/mol. The fourth-order valence-electron chi connectivity index (χ4n) is 10.1. The second-order valence-corrected chi connectivity index (χ2v) is 12.1. The number of carbonyl (C=O) groups excluding carboxylic acids is 1. The molecule has 0 aromatic rings. The molecule has 156 valence electrons. The summed E-state index contributed by atoms with van der Waals surface area (Å²) in [6.45, 7) is 11.1. The van der Waals surface area contributed by atoms with Crippen molar-refractivity contribution in [2.24, 2.45) is 38.9 Å². The number of allylic oxidation sites excluding steroid dienone is 2. The number of nitrogens with one attached hydrogen (secondary N) is 1. The summed E-state index contributed by atoms with van der Waals surface area (Å²) in [4.78, 5) is 12.4. The molecule has 0 bridgehead atoms. The number of halogens is 1. The molecule has 7 atom stereocenters. The van der Waals surface area contributed by atoms with Crippen LogP contribution in [0.25, 0.3) is 0 Å². The van der Waals surface area contributed by atoms with Crippen LogP contribution >= 0.6 is 0 Å². The summed E-state index contributed by atoms with van der Waals surface area (Å²) in [5.41, 5.74) is 1.40. The molecule has 2 nitrogen and oxygen atoms in total. The molecule has 1 N–H and O–H groups in total. The first-order valence-corrected chi connectivity index (χ1v) is 11.6. The summed E-state index contributed by atoms with van der Waals surface area (Å²) in [5, 5.41) is 3.61. The summed E-state index contributed by atoms with van der Waals surface area (Å²) < 4.78 is 15.1. The zero-order valence-corrected chi connectivity index (χ0v) is 18.7. The van der Waals surface area contributed by atoms with Gasteiger partial charge in [-0.15, -0.1) is 0 Å². The lowest BCUT2D eigenvalue weighted by molar-refractivity contribution is -0.133. The molecule has 0 aromatic carbocycles. The third kappa shape index (κ3) is 1.83. The minimum atomic E-state index is -0.271. The zero-order valence-electron chi connectivity index (χ0n) is 18.7. The van der Waals surface area contributed by atoms with Crippen LogP contribution in [0.1, 0.15) is 86.0 Å². The van der Waals surface area contributed by atoms with Gasteiger partial charge in [-0.2, -0.15) is 0 Å². The summed E-state index contributed by atoms with van der Waals surface area (Å²) >= 11 is 0. The maximum absolute atomic E-state index is 15.1. The highest BCUT2D eigenvalue weighted by molar-refractivity contribution is 5.96. The van der Waals surface area contributed by atoms with E-state index in [1.165, 1.54) is 38.5 Å². The second-order valence-electron chi connectivity index (χ2n) is 12.1. The van der Waals surface area contributed by atoms with E-state index in [9.17, 15) is 4.79 Å². The first kappa shape index (κ1) is 19.3. The van der Waals surface area contributed by atoms with Gasteiger partial charge < -0.3 is 5.32 Å². The fourth-order valence-corrected chi connectivity index (χ4v) is 10.1. The Balaban J connectivity index is 1.55. The summed E-state index contributed by atoms with van der Waals surface area (Å²) in [5.74, 6) is 1.22. The lowest BCUT2D eigenvalue weighted by Gasteiger charge is -2.62. The quantitative estimate of drug-likeness (QED) is 0.647. The highest BCUT2D eigenvalue weighted by Gasteiger charge is 2.82. The van der Waals surface area contributed by atoms with E-state index in [2.05, 4.69) is 40.1 Å². The minimum Gasteiger partial charge on any atom is -0.316 e. The Morgan fingerprint density at radius 3 is 2.29 bits per heavy atom. The summed E-state index contributed by atoms with van der Waals surface area (Å²) in [7, 11) is 2.13. The highest BCUT2D eigenvalue weighted by atomic mass is 19.1. The van der Waals surface area contributed by atoms with Crippen molar-refractivity contribution in [1.29, 1.82) is 0 Å². The standard InChI is InChI=1S/C25H38FNO/c1-15(28)20-16(26)13-23(5)18-8-7-17-21(2,3)19(27-6)9-10-24(17)14-25(18,24)12-11-22(20,23)4/h17-19,27H,7-14H2,1-6H3/t17?,18-,19-,22+,23-,24+,25-/m0/s1. The molecule has 4 fully saturated rings. The average Bonchev–Trinajstić information content (AvgIpc) is 3.19. The van der Waals surface area contributed by atoms with E-state index in [0.717, 1.165) is 12.3 Å². The van der Waals surface area contributed by atoms with E-state index >= 15 is 4.39 Å². The molecule has 0 radical (unpaired) electrons. The number of fused-ring (bicyclic) bond motifs is 2. The molecule has 5 aliphatic carbocycles. The van der Waals surface area contributed by atoms with Crippen LogP contribution in [-0.2, 0) is 4.79 Å². The Hall–Kier alpha value is -0.700. The van der Waals surface area contributed by atoms with Crippen LogP contribution < -0.4 is 5.32 Å². The van der Waals surface area contributed by atoms with Gasteiger partial charge >= 0.3 is 0 Å². The van der Waals surface area contributed by atoms with Gasteiger partial charge in [-0.05, 0) is 92.4 Å². The summed E-state index contributed by atoms with van der Waals surface area (Å²) in [6, 6.07) is 0.608. The Morgan fingerprint density at radius 1 is 1.00 bits per heavy atom. The Labute approximate surface area is 170 Å². The van der Waals surface area contributed by atoms with Crippen molar-refractivity contribution < 1.29 is 9.18 Å². The third-order valence-corrected chi connectivity index (χ3v) is 11.4. The van der Waals surface area contributed by atoms with Crippen LogP contribution in [0, 0.1) is 38.9 Å². The van der Waals surface area contributed by atoms with Crippen molar-refractivity contribution in [1.82, 2.24) is 5.32 Å². The molecule has 4 saturated carbocycles. The van der Waals surface area contributed by atoms with Gasteiger partial charge in [-0.25, -0.2) is 4.39 Å². The van der Waals surface area contributed by atoms with Gasteiger partial charge in [-0.3, -0.25) is 4.79 Å². The van der Waals surface area contributed by atoms with Crippen LogP contribution in [0.5, 0.6) is 0 Å². The van der Waals surface area contributed by atoms with Crippen LogP contribution in [0.3, 0.4) is 0 Å². The molecule has 0 heterocycles. The van der Waals surface area contributed by atoms with Gasteiger partial charge in [0, 0.05) is 23.5 Å². The molecule has 0 aliphatic heterocycles. The largest absolute Gasteiger partial charge is 0.316 e. The highest BCUT2D eigenvalue weighted by Crippen LogP contribution is 2.88. The van der Waals surface area contributed by atoms with Crippen molar-refractivity contribution in [2.75, 3.05) is 7.05 Å². The monoisotopic (exact) mass is 387 g/mol. The number of rotatable bonds is 2. The lowest BCUT2D eigenvalue weighted by Crippen LogP contribution is -2.59. The smallest absolute Gasteiger partial charge is 0.158 e. The number of Topliss-reactive ketones (excluding diaryl/α,β-unsaturated/α-hetero) is 1. The first-order valence-electron chi connectivity index (χ1n) is 11.6. The molecule has 0 amide bonds. The molecule has 5 aliphatic rings.